The lowest BCUT2D eigenvalue weighted by Gasteiger charge is -2.15. The Morgan fingerprint density at radius 3 is 2.59 bits per heavy atom. The first-order valence-electron chi connectivity index (χ1n) is 8.72. The lowest BCUT2D eigenvalue weighted by atomic mass is 10.1. The average Bonchev–Trinajstić information content (AvgIpc) is 2.66. The van der Waals surface area contributed by atoms with Gasteiger partial charge in [-0.2, -0.15) is 5.26 Å². The standard InChI is InChI=1S/C21H23FN2O3/c1-14(2)10-11-27-19-9-8-15(12-20(19)26-3)21(25)24-18(13-23)16-6-4-5-7-17(16)22/h4-9,12,14,18H,10-11H2,1-3H3,(H,24,25). The summed E-state index contributed by atoms with van der Waals surface area (Å²) in [6, 6.07) is 11.4. The third-order valence-corrected chi connectivity index (χ3v) is 4.00. The van der Waals surface area contributed by atoms with Crippen LogP contribution in [0, 0.1) is 23.1 Å². The number of benzene rings is 2. The number of nitrogens with zero attached hydrogens (tertiary/aromatic N) is 1. The molecule has 0 radical (unpaired) electrons. The zero-order valence-corrected chi connectivity index (χ0v) is 15.7. The van der Waals surface area contributed by atoms with Crippen LogP contribution in [0.25, 0.3) is 0 Å². The van der Waals surface area contributed by atoms with Crippen molar-refractivity contribution >= 4 is 5.91 Å². The summed E-state index contributed by atoms with van der Waals surface area (Å²) in [5, 5.41) is 11.8. The normalized spacial score (nSPS) is 11.6. The molecule has 5 nitrogen and oxygen atoms in total. The number of nitriles is 1. The van der Waals surface area contributed by atoms with Gasteiger partial charge in [-0.15, -0.1) is 0 Å². The van der Waals surface area contributed by atoms with Crippen molar-refractivity contribution in [3.63, 3.8) is 0 Å². The second-order valence-corrected chi connectivity index (χ2v) is 6.45. The molecule has 0 aliphatic carbocycles. The Morgan fingerprint density at radius 1 is 1.22 bits per heavy atom. The number of hydrogen-bond donors (Lipinski definition) is 1. The third kappa shape index (κ3) is 5.45. The maximum atomic E-state index is 13.9. The molecule has 0 aromatic heterocycles. The fourth-order valence-corrected chi connectivity index (χ4v) is 2.44. The minimum Gasteiger partial charge on any atom is -0.493 e. The predicted molar refractivity (Wildman–Crippen MR) is 100 cm³/mol. The number of carbonyl (C=O) groups excluding carboxylic acids is 1. The van der Waals surface area contributed by atoms with E-state index < -0.39 is 17.8 Å². The molecule has 0 heterocycles. The van der Waals surface area contributed by atoms with E-state index in [0.29, 0.717) is 29.6 Å². The Bertz CT molecular complexity index is 830. The number of carbonyl (C=O) groups is 1. The lowest BCUT2D eigenvalue weighted by Crippen LogP contribution is -2.28. The van der Waals surface area contributed by atoms with Gasteiger partial charge in [-0.3, -0.25) is 4.79 Å². The highest BCUT2D eigenvalue weighted by atomic mass is 19.1. The first-order valence-corrected chi connectivity index (χ1v) is 8.72. The molecule has 142 valence electrons. The predicted octanol–water partition coefficient (Wildman–Crippen LogP) is 4.25. The van der Waals surface area contributed by atoms with E-state index in [1.807, 2.05) is 6.07 Å². The van der Waals surface area contributed by atoms with Gasteiger partial charge in [0.05, 0.1) is 19.8 Å². The number of hydrogen-bond acceptors (Lipinski definition) is 4. The molecule has 0 spiro atoms. The molecule has 1 atom stereocenters. The van der Waals surface area contributed by atoms with E-state index in [4.69, 9.17) is 9.47 Å². The van der Waals surface area contributed by atoms with Crippen molar-refractivity contribution in [1.82, 2.24) is 5.32 Å². The van der Waals surface area contributed by atoms with Crippen molar-refractivity contribution in [3.05, 3.63) is 59.4 Å². The van der Waals surface area contributed by atoms with Gasteiger partial charge in [0, 0.05) is 11.1 Å². The first kappa shape index (κ1) is 20.2. The molecule has 2 aromatic rings. The highest BCUT2D eigenvalue weighted by Crippen LogP contribution is 2.29. The van der Waals surface area contributed by atoms with Gasteiger partial charge in [0.15, 0.2) is 11.5 Å². The maximum absolute atomic E-state index is 13.9. The van der Waals surface area contributed by atoms with Crippen molar-refractivity contribution in [3.8, 4) is 17.6 Å². The van der Waals surface area contributed by atoms with E-state index >= 15 is 0 Å². The minimum absolute atomic E-state index is 0.119. The third-order valence-electron chi connectivity index (χ3n) is 4.00. The number of ether oxygens (including phenoxy) is 2. The van der Waals surface area contributed by atoms with E-state index in [1.165, 1.54) is 31.4 Å². The second kappa shape index (κ2) is 9.58. The van der Waals surface area contributed by atoms with Crippen molar-refractivity contribution < 1.29 is 18.7 Å². The summed E-state index contributed by atoms with van der Waals surface area (Å²) in [5.74, 6) is 0.432. The van der Waals surface area contributed by atoms with Crippen molar-refractivity contribution in [2.75, 3.05) is 13.7 Å². The van der Waals surface area contributed by atoms with E-state index in [-0.39, 0.29) is 5.56 Å². The number of methoxy groups -OCH3 is 1. The molecule has 1 unspecified atom stereocenters. The van der Waals surface area contributed by atoms with E-state index in [9.17, 15) is 14.4 Å². The highest BCUT2D eigenvalue weighted by Gasteiger charge is 2.19. The molecule has 0 fully saturated rings. The van der Waals surface area contributed by atoms with Crippen LogP contribution in [0.15, 0.2) is 42.5 Å². The Balaban J connectivity index is 2.14. The van der Waals surface area contributed by atoms with Crippen LogP contribution >= 0.6 is 0 Å². The minimum atomic E-state index is -1.09. The number of amides is 1. The summed E-state index contributed by atoms with van der Waals surface area (Å²) in [5.41, 5.74) is 0.411. The lowest BCUT2D eigenvalue weighted by molar-refractivity contribution is 0.0944. The molecular formula is C21H23FN2O3. The molecule has 0 aliphatic heterocycles. The van der Waals surface area contributed by atoms with Gasteiger partial charge in [-0.05, 0) is 36.6 Å². The summed E-state index contributed by atoms with van der Waals surface area (Å²) >= 11 is 0. The molecule has 0 saturated carbocycles. The molecular weight excluding hydrogens is 347 g/mol. The summed E-state index contributed by atoms with van der Waals surface area (Å²) in [6.45, 7) is 4.76. The zero-order chi connectivity index (χ0) is 19.8. The van der Waals surface area contributed by atoms with Crippen molar-refractivity contribution in [2.45, 2.75) is 26.3 Å². The molecule has 6 heteroatoms. The van der Waals surface area contributed by atoms with Gasteiger partial charge in [0.2, 0.25) is 0 Å². The van der Waals surface area contributed by atoms with Gasteiger partial charge in [0.25, 0.3) is 5.91 Å². The van der Waals surface area contributed by atoms with E-state index in [0.717, 1.165) is 6.42 Å². The van der Waals surface area contributed by atoms with Crippen LogP contribution in [-0.2, 0) is 0 Å². The van der Waals surface area contributed by atoms with Crippen molar-refractivity contribution in [1.29, 1.82) is 5.26 Å². The van der Waals surface area contributed by atoms with Crippen LogP contribution in [0.5, 0.6) is 11.5 Å². The Morgan fingerprint density at radius 2 is 1.96 bits per heavy atom. The number of nitrogens with one attached hydrogen (secondary N) is 1. The second-order valence-electron chi connectivity index (χ2n) is 6.45. The van der Waals surface area contributed by atoms with Crippen LogP contribution in [0.4, 0.5) is 4.39 Å². The summed E-state index contributed by atoms with van der Waals surface area (Å²) in [7, 11) is 1.49. The zero-order valence-electron chi connectivity index (χ0n) is 15.7. The molecule has 1 amide bonds. The highest BCUT2D eigenvalue weighted by molar-refractivity contribution is 5.95. The number of halogens is 1. The molecule has 0 aliphatic rings. The van der Waals surface area contributed by atoms with Gasteiger partial charge in [-0.25, -0.2) is 4.39 Å². The van der Waals surface area contributed by atoms with Gasteiger partial charge in [-0.1, -0.05) is 32.0 Å². The first-order chi connectivity index (χ1) is 13.0. The molecule has 2 rings (SSSR count). The topological polar surface area (TPSA) is 71.3 Å². The molecule has 1 N–H and O–H groups in total. The number of rotatable bonds is 8. The van der Waals surface area contributed by atoms with Gasteiger partial charge in [0.1, 0.15) is 11.9 Å². The molecule has 0 saturated heterocycles. The Hall–Kier alpha value is -3.07. The molecule has 2 aromatic carbocycles. The van der Waals surface area contributed by atoms with Crippen LogP contribution < -0.4 is 14.8 Å². The summed E-state index contributed by atoms with van der Waals surface area (Å²) in [6.07, 6.45) is 0.901. The quantitative estimate of drug-likeness (QED) is 0.754. The fraction of sp³-hybridized carbons (Fsp3) is 0.333. The fourth-order valence-electron chi connectivity index (χ4n) is 2.44. The monoisotopic (exact) mass is 370 g/mol. The largest absolute Gasteiger partial charge is 0.493 e. The van der Waals surface area contributed by atoms with E-state index in [2.05, 4.69) is 19.2 Å². The SMILES string of the molecule is COc1cc(C(=O)NC(C#N)c2ccccc2F)ccc1OCCC(C)C. The Kier molecular flexibility index (Phi) is 7.18. The van der Waals surface area contributed by atoms with Gasteiger partial charge < -0.3 is 14.8 Å². The van der Waals surface area contributed by atoms with E-state index in [1.54, 1.807) is 18.2 Å². The summed E-state index contributed by atoms with van der Waals surface area (Å²) in [4.78, 5) is 12.5. The van der Waals surface area contributed by atoms with Gasteiger partial charge >= 0.3 is 0 Å². The average molecular weight is 370 g/mol. The van der Waals surface area contributed by atoms with Crippen LogP contribution in [-0.4, -0.2) is 19.6 Å². The molecule has 27 heavy (non-hydrogen) atoms. The molecule has 0 bridgehead atoms. The van der Waals surface area contributed by atoms with Crippen LogP contribution in [0.2, 0.25) is 0 Å². The smallest absolute Gasteiger partial charge is 0.252 e. The van der Waals surface area contributed by atoms with Crippen molar-refractivity contribution in [2.24, 2.45) is 5.92 Å². The Labute approximate surface area is 158 Å². The maximum Gasteiger partial charge on any atom is 0.252 e. The summed E-state index contributed by atoms with van der Waals surface area (Å²) < 4.78 is 24.9. The van der Waals surface area contributed by atoms with Crippen LogP contribution in [0.1, 0.15) is 42.2 Å². The van der Waals surface area contributed by atoms with Crippen LogP contribution in [0.3, 0.4) is 0 Å².